The molecule has 1 amide bonds. The van der Waals surface area contributed by atoms with Crippen LogP contribution in [0.1, 0.15) is 16.8 Å². The van der Waals surface area contributed by atoms with Gasteiger partial charge in [-0.05, 0) is 12.1 Å². The van der Waals surface area contributed by atoms with Gasteiger partial charge in [0.05, 0.1) is 18.1 Å². The van der Waals surface area contributed by atoms with E-state index in [4.69, 9.17) is 0 Å². The minimum Gasteiger partial charge on any atom is -0.467 e. The Morgan fingerprint density at radius 1 is 1.38 bits per heavy atom. The minimum absolute atomic E-state index is 0.0234. The van der Waals surface area contributed by atoms with Crippen LogP contribution in [0, 0.1) is 10.1 Å². The number of carbonyl (C=O) groups excluding carboxylic acids is 2. The predicted octanol–water partition coefficient (Wildman–Crippen LogP) is 0.343. The van der Waals surface area contributed by atoms with Gasteiger partial charge in [0.2, 0.25) is 0 Å². The van der Waals surface area contributed by atoms with Crippen LogP contribution in [0.3, 0.4) is 0 Å². The van der Waals surface area contributed by atoms with Crippen molar-refractivity contribution in [2.75, 3.05) is 13.7 Å². The van der Waals surface area contributed by atoms with Crippen molar-refractivity contribution in [3.8, 4) is 0 Å². The number of methoxy groups -OCH3 is 1. The van der Waals surface area contributed by atoms with Crippen LogP contribution in [-0.4, -0.2) is 52.6 Å². The average molecular weight is 294 g/mol. The van der Waals surface area contributed by atoms with Crippen molar-refractivity contribution in [1.29, 1.82) is 0 Å². The molecule has 112 valence electrons. The Morgan fingerprint density at radius 3 is 2.52 bits per heavy atom. The van der Waals surface area contributed by atoms with Gasteiger partial charge in [-0.3, -0.25) is 14.9 Å². The van der Waals surface area contributed by atoms with Gasteiger partial charge in [-0.15, -0.1) is 0 Å². The number of hydrogen-bond donors (Lipinski definition) is 1. The van der Waals surface area contributed by atoms with Gasteiger partial charge in [-0.25, -0.2) is 4.79 Å². The highest BCUT2D eigenvalue weighted by molar-refractivity contribution is 5.97. The molecule has 1 N–H and O–H groups in total. The average Bonchev–Trinajstić information content (AvgIpc) is 2.87. The zero-order valence-electron chi connectivity index (χ0n) is 11.3. The summed E-state index contributed by atoms with van der Waals surface area (Å²) >= 11 is 0. The molecule has 2 rings (SSSR count). The lowest BCUT2D eigenvalue weighted by Crippen LogP contribution is -2.41. The number of esters is 1. The van der Waals surface area contributed by atoms with Crippen molar-refractivity contribution >= 4 is 17.6 Å². The summed E-state index contributed by atoms with van der Waals surface area (Å²) in [6.45, 7) is 0.0234. The van der Waals surface area contributed by atoms with Gasteiger partial charge < -0.3 is 14.7 Å². The molecule has 1 aromatic carbocycles. The van der Waals surface area contributed by atoms with Crippen LogP contribution in [0.25, 0.3) is 0 Å². The fourth-order valence-corrected chi connectivity index (χ4v) is 2.29. The van der Waals surface area contributed by atoms with Crippen molar-refractivity contribution in [3.05, 3.63) is 39.9 Å². The highest BCUT2D eigenvalue weighted by Crippen LogP contribution is 2.22. The molecular weight excluding hydrogens is 280 g/mol. The van der Waals surface area contributed by atoms with Crippen LogP contribution in [0.15, 0.2) is 24.3 Å². The summed E-state index contributed by atoms with van der Waals surface area (Å²) in [6.07, 6.45) is -0.679. The molecule has 1 aliphatic rings. The molecule has 1 aromatic rings. The number of nitro benzene ring substituents is 1. The third-order valence-electron chi connectivity index (χ3n) is 3.34. The molecule has 21 heavy (non-hydrogen) atoms. The number of non-ortho nitro benzene ring substituents is 1. The molecule has 1 fully saturated rings. The second-order valence-corrected chi connectivity index (χ2v) is 4.69. The van der Waals surface area contributed by atoms with E-state index in [1.54, 1.807) is 0 Å². The number of nitrogens with zero attached hydrogens (tertiary/aromatic N) is 2. The monoisotopic (exact) mass is 294 g/mol. The van der Waals surface area contributed by atoms with Gasteiger partial charge in [-0.1, -0.05) is 0 Å². The maximum absolute atomic E-state index is 12.3. The summed E-state index contributed by atoms with van der Waals surface area (Å²) in [6, 6.07) is 4.23. The quantitative estimate of drug-likeness (QED) is 0.489. The summed E-state index contributed by atoms with van der Waals surface area (Å²) in [4.78, 5) is 35.2. The molecule has 1 saturated heterocycles. The van der Waals surface area contributed by atoms with E-state index in [1.807, 2.05) is 0 Å². The summed E-state index contributed by atoms with van der Waals surface area (Å²) < 4.78 is 4.62. The largest absolute Gasteiger partial charge is 0.467 e. The van der Waals surface area contributed by atoms with Crippen LogP contribution in [0.5, 0.6) is 0 Å². The molecule has 8 nitrogen and oxygen atoms in total. The number of hydrogen-bond acceptors (Lipinski definition) is 6. The summed E-state index contributed by atoms with van der Waals surface area (Å²) in [5.41, 5.74) is 0.0844. The van der Waals surface area contributed by atoms with E-state index in [0.717, 1.165) is 0 Å². The maximum Gasteiger partial charge on any atom is 0.328 e. The molecule has 0 aromatic heterocycles. The SMILES string of the molecule is COC(=O)C1CC(O)CN1C(=O)c1ccc([N+](=O)[O-])cc1. The topological polar surface area (TPSA) is 110 Å². The number of nitro groups is 1. The van der Waals surface area contributed by atoms with Gasteiger partial charge in [0.15, 0.2) is 0 Å². The van der Waals surface area contributed by atoms with E-state index in [1.165, 1.54) is 36.3 Å². The molecule has 2 atom stereocenters. The standard InChI is InChI=1S/C13H14N2O6/c1-21-13(18)11-6-10(16)7-14(11)12(17)8-2-4-9(5-3-8)15(19)20/h2-5,10-11,16H,6-7H2,1H3. The summed E-state index contributed by atoms with van der Waals surface area (Å²) in [5, 5.41) is 20.2. The zero-order chi connectivity index (χ0) is 15.6. The number of likely N-dealkylation sites (tertiary alicyclic amines) is 1. The Balaban J connectivity index is 2.21. The Morgan fingerprint density at radius 2 is 2.00 bits per heavy atom. The van der Waals surface area contributed by atoms with Crippen molar-refractivity contribution in [3.63, 3.8) is 0 Å². The van der Waals surface area contributed by atoms with Crippen molar-refractivity contribution in [1.82, 2.24) is 4.90 Å². The van der Waals surface area contributed by atoms with Crippen molar-refractivity contribution < 1.29 is 24.4 Å². The van der Waals surface area contributed by atoms with Gasteiger partial charge in [0.25, 0.3) is 11.6 Å². The van der Waals surface area contributed by atoms with Crippen molar-refractivity contribution in [2.45, 2.75) is 18.6 Å². The van der Waals surface area contributed by atoms with Crippen LogP contribution in [-0.2, 0) is 9.53 Å². The molecule has 0 spiro atoms. The van der Waals surface area contributed by atoms with E-state index < -0.39 is 28.9 Å². The smallest absolute Gasteiger partial charge is 0.328 e. The number of ether oxygens (including phenoxy) is 1. The Hall–Kier alpha value is -2.48. The lowest BCUT2D eigenvalue weighted by atomic mass is 10.1. The first kappa shape index (κ1) is 14.9. The Labute approximate surface area is 120 Å². The Kier molecular flexibility index (Phi) is 4.18. The van der Waals surface area contributed by atoms with Crippen LogP contribution in [0.4, 0.5) is 5.69 Å². The number of β-amino-alcohol motifs (C(OH)–C–C–N with tert-alkyl or cyclic N) is 1. The first-order valence-corrected chi connectivity index (χ1v) is 6.25. The number of amides is 1. The van der Waals surface area contributed by atoms with Crippen LogP contribution in [0.2, 0.25) is 0 Å². The lowest BCUT2D eigenvalue weighted by molar-refractivity contribution is -0.384. The van der Waals surface area contributed by atoms with E-state index in [-0.39, 0.29) is 24.2 Å². The van der Waals surface area contributed by atoms with Gasteiger partial charge in [0.1, 0.15) is 6.04 Å². The minimum atomic E-state index is -0.840. The van der Waals surface area contributed by atoms with Gasteiger partial charge >= 0.3 is 5.97 Å². The van der Waals surface area contributed by atoms with Crippen LogP contribution < -0.4 is 0 Å². The van der Waals surface area contributed by atoms with Gasteiger partial charge in [0, 0.05) is 30.7 Å². The van der Waals surface area contributed by atoms with Crippen LogP contribution >= 0.6 is 0 Å². The summed E-state index contributed by atoms with van der Waals surface area (Å²) in [5.74, 6) is -1.07. The number of carbonyl (C=O) groups is 2. The lowest BCUT2D eigenvalue weighted by Gasteiger charge is -2.22. The predicted molar refractivity (Wildman–Crippen MR) is 70.6 cm³/mol. The van der Waals surface area contributed by atoms with E-state index in [0.29, 0.717) is 0 Å². The highest BCUT2D eigenvalue weighted by Gasteiger charge is 2.39. The number of rotatable bonds is 3. The first-order chi connectivity index (χ1) is 9.93. The molecule has 1 aliphatic heterocycles. The molecule has 2 unspecified atom stereocenters. The molecule has 0 bridgehead atoms. The fraction of sp³-hybridized carbons (Fsp3) is 0.385. The third kappa shape index (κ3) is 3.00. The van der Waals surface area contributed by atoms with E-state index in [2.05, 4.69) is 4.74 Å². The molecule has 8 heteroatoms. The number of aliphatic hydroxyl groups is 1. The number of aliphatic hydroxyl groups excluding tert-OH is 1. The molecule has 0 aliphatic carbocycles. The molecule has 0 saturated carbocycles. The third-order valence-corrected chi connectivity index (χ3v) is 3.34. The fourth-order valence-electron chi connectivity index (χ4n) is 2.29. The maximum atomic E-state index is 12.3. The van der Waals surface area contributed by atoms with E-state index >= 15 is 0 Å². The molecular formula is C13H14N2O6. The summed E-state index contributed by atoms with van der Waals surface area (Å²) in [7, 11) is 1.21. The first-order valence-electron chi connectivity index (χ1n) is 6.25. The molecule has 1 heterocycles. The van der Waals surface area contributed by atoms with E-state index in [9.17, 15) is 24.8 Å². The highest BCUT2D eigenvalue weighted by atomic mass is 16.6. The molecule has 0 radical (unpaired) electrons. The van der Waals surface area contributed by atoms with Crippen molar-refractivity contribution in [2.24, 2.45) is 0 Å². The second kappa shape index (κ2) is 5.88. The Bertz CT molecular complexity index is 571. The van der Waals surface area contributed by atoms with Gasteiger partial charge in [-0.2, -0.15) is 0 Å². The second-order valence-electron chi connectivity index (χ2n) is 4.69. The zero-order valence-corrected chi connectivity index (χ0v) is 11.3. The normalized spacial score (nSPS) is 21.1. The number of benzene rings is 1.